The highest BCUT2D eigenvalue weighted by Crippen LogP contribution is 2.17. The molecule has 1 aromatic rings. The van der Waals surface area contributed by atoms with Crippen molar-refractivity contribution in [3.8, 4) is 0 Å². The van der Waals surface area contributed by atoms with Crippen LogP contribution >= 0.6 is 12.4 Å². The zero-order valence-electron chi connectivity index (χ0n) is 15.9. The number of ether oxygens (including phenoxy) is 1. The molecule has 0 radical (unpaired) electrons. The predicted octanol–water partition coefficient (Wildman–Crippen LogP) is 2.57. The Morgan fingerprint density at radius 2 is 1.70 bits per heavy atom. The Labute approximate surface area is 168 Å². The maximum atomic E-state index is 12.2. The molecule has 2 N–H and O–H groups in total. The van der Waals surface area contributed by atoms with Crippen molar-refractivity contribution in [3.05, 3.63) is 29.8 Å². The van der Waals surface area contributed by atoms with Gasteiger partial charge < -0.3 is 15.4 Å². The molecular formula is C19H31ClN2O4S. The van der Waals surface area contributed by atoms with Gasteiger partial charge in [0, 0.05) is 31.8 Å². The van der Waals surface area contributed by atoms with Gasteiger partial charge in [0.25, 0.3) is 5.91 Å². The Balaban J connectivity index is 0.00000364. The third kappa shape index (κ3) is 8.17. The maximum absolute atomic E-state index is 12.2. The summed E-state index contributed by atoms with van der Waals surface area (Å²) < 4.78 is 29.0. The van der Waals surface area contributed by atoms with Gasteiger partial charge in [-0.1, -0.05) is 25.7 Å². The van der Waals surface area contributed by atoms with Gasteiger partial charge in [0.15, 0.2) is 9.84 Å². The van der Waals surface area contributed by atoms with Gasteiger partial charge in [-0.05, 0) is 37.1 Å². The van der Waals surface area contributed by atoms with Gasteiger partial charge in [0.1, 0.15) is 0 Å². The van der Waals surface area contributed by atoms with Gasteiger partial charge >= 0.3 is 0 Å². The number of rotatable bonds is 9. The number of hydrogen-bond acceptors (Lipinski definition) is 5. The summed E-state index contributed by atoms with van der Waals surface area (Å²) in [4.78, 5) is 12.4. The van der Waals surface area contributed by atoms with E-state index in [-0.39, 0.29) is 35.6 Å². The van der Waals surface area contributed by atoms with Crippen LogP contribution in [0.5, 0.6) is 0 Å². The van der Waals surface area contributed by atoms with Gasteiger partial charge in [-0.2, -0.15) is 0 Å². The zero-order chi connectivity index (χ0) is 18.8. The van der Waals surface area contributed by atoms with E-state index < -0.39 is 9.84 Å². The van der Waals surface area contributed by atoms with E-state index in [1.807, 2.05) is 0 Å². The first-order valence-electron chi connectivity index (χ1n) is 9.36. The van der Waals surface area contributed by atoms with E-state index in [1.54, 1.807) is 12.1 Å². The van der Waals surface area contributed by atoms with Gasteiger partial charge in [-0.15, -0.1) is 12.4 Å². The average Bonchev–Trinajstić information content (AvgIpc) is 2.92. The van der Waals surface area contributed by atoms with Crippen LogP contribution in [0.15, 0.2) is 29.2 Å². The van der Waals surface area contributed by atoms with E-state index in [1.165, 1.54) is 57.8 Å². The molecule has 1 saturated carbocycles. The highest BCUT2D eigenvalue weighted by atomic mass is 35.5. The topological polar surface area (TPSA) is 84.5 Å². The molecule has 8 heteroatoms. The van der Waals surface area contributed by atoms with Gasteiger partial charge in [-0.3, -0.25) is 4.79 Å². The van der Waals surface area contributed by atoms with Crippen molar-refractivity contribution in [1.29, 1.82) is 0 Å². The standard InChI is InChI=1S/C19H30N2O4S.ClH/c1-25-14-15-26(23,24)18-10-8-16(9-11-18)19(22)21-13-12-20-17-6-4-2-3-5-7-17;/h8-11,17,20H,2-7,12-15H2,1H3,(H,21,22);1H. The lowest BCUT2D eigenvalue weighted by atomic mass is 10.1. The minimum atomic E-state index is -3.37. The Kier molecular flexibility index (Phi) is 10.9. The Morgan fingerprint density at radius 1 is 1.07 bits per heavy atom. The Bertz CT molecular complexity index is 657. The van der Waals surface area contributed by atoms with E-state index in [2.05, 4.69) is 10.6 Å². The molecule has 0 heterocycles. The van der Waals surface area contributed by atoms with E-state index in [0.717, 1.165) is 6.54 Å². The van der Waals surface area contributed by atoms with Crippen LogP contribution in [0.1, 0.15) is 48.9 Å². The Morgan fingerprint density at radius 3 is 2.30 bits per heavy atom. The quantitative estimate of drug-likeness (QED) is 0.475. The summed E-state index contributed by atoms with van der Waals surface area (Å²) in [5.74, 6) is -0.254. The molecular weight excluding hydrogens is 388 g/mol. The monoisotopic (exact) mass is 418 g/mol. The summed E-state index contributed by atoms with van der Waals surface area (Å²) >= 11 is 0. The molecule has 1 aliphatic carbocycles. The molecule has 1 fully saturated rings. The molecule has 27 heavy (non-hydrogen) atoms. The van der Waals surface area contributed by atoms with Crippen molar-refractivity contribution < 1.29 is 17.9 Å². The fraction of sp³-hybridized carbons (Fsp3) is 0.632. The highest BCUT2D eigenvalue weighted by molar-refractivity contribution is 7.91. The molecule has 0 atom stereocenters. The molecule has 1 aromatic carbocycles. The molecule has 0 bridgehead atoms. The first kappa shape index (κ1) is 23.9. The third-order valence-corrected chi connectivity index (χ3v) is 6.43. The summed E-state index contributed by atoms with van der Waals surface area (Å²) in [6, 6.07) is 6.61. The minimum Gasteiger partial charge on any atom is -0.384 e. The SMILES string of the molecule is COCCS(=O)(=O)c1ccc(C(=O)NCCNC2CCCCCC2)cc1.Cl. The van der Waals surface area contributed by atoms with Crippen LogP contribution in [0.4, 0.5) is 0 Å². The van der Waals surface area contributed by atoms with Gasteiger partial charge in [-0.25, -0.2) is 8.42 Å². The first-order valence-corrected chi connectivity index (χ1v) is 11.0. The molecule has 1 aliphatic rings. The van der Waals surface area contributed by atoms with Crippen LogP contribution in [0.3, 0.4) is 0 Å². The lowest BCUT2D eigenvalue weighted by Crippen LogP contribution is -2.36. The van der Waals surface area contributed by atoms with E-state index in [0.29, 0.717) is 18.2 Å². The highest BCUT2D eigenvalue weighted by Gasteiger charge is 2.15. The summed E-state index contributed by atoms with van der Waals surface area (Å²) in [7, 11) is -1.90. The average molecular weight is 419 g/mol. The molecule has 0 spiro atoms. The largest absolute Gasteiger partial charge is 0.384 e. The number of benzene rings is 1. The summed E-state index contributed by atoms with van der Waals surface area (Å²) in [6.07, 6.45) is 7.64. The smallest absolute Gasteiger partial charge is 0.251 e. The fourth-order valence-corrected chi connectivity index (χ4v) is 4.33. The zero-order valence-corrected chi connectivity index (χ0v) is 17.5. The minimum absolute atomic E-state index is 0. The normalized spacial score (nSPS) is 15.6. The van der Waals surface area contributed by atoms with Crippen LogP contribution in [0.25, 0.3) is 0 Å². The van der Waals surface area contributed by atoms with Crippen molar-refractivity contribution in [1.82, 2.24) is 10.6 Å². The van der Waals surface area contributed by atoms with E-state index in [9.17, 15) is 13.2 Å². The van der Waals surface area contributed by atoms with Gasteiger partial charge in [0.05, 0.1) is 17.3 Å². The lowest BCUT2D eigenvalue weighted by Gasteiger charge is -2.16. The van der Waals surface area contributed by atoms with Crippen molar-refractivity contribution in [3.63, 3.8) is 0 Å². The van der Waals surface area contributed by atoms with Crippen LogP contribution < -0.4 is 10.6 Å². The number of carbonyl (C=O) groups is 1. The molecule has 1 amide bonds. The molecule has 0 unspecified atom stereocenters. The summed E-state index contributed by atoms with van der Waals surface area (Å²) in [5, 5.41) is 6.39. The van der Waals surface area contributed by atoms with Crippen molar-refractivity contribution in [2.75, 3.05) is 32.6 Å². The molecule has 154 valence electrons. The first-order chi connectivity index (χ1) is 12.5. The van der Waals surface area contributed by atoms with Crippen molar-refractivity contribution >= 4 is 28.2 Å². The molecule has 0 aromatic heterocycles. The van der Waals surface area contributed by atoms with Crippen molar-refractivity contribution in [2.45, 2.75) is 49.5 Å². The number of sulfone groups is 1. The van der Waals surface area contributed by atoms with Crippen LogP contribution in [0, 0.1) is 0 Å². The number of carbonyl (C=O) groups excluding carboxylic acids is 1. The molecule has 0 aliphatic heterocycles. The number of nitrogens with one attached hydrogen (secondary N) is 2. The maximum Gasteiger partial charge on any atom is 0.251 e. The van der Waals surface area contributed by atoms with E-state index >= 15 is 0 Å². The predicted molar refractivity (Wildman–Crippen MR) is 109 cm³/mol. The number of methoxy groups -OCH3 is 1. The lowest BCUT2D eigenvalue weighted by molar-refractivity contribution is 0.0953. The molecule has 2 rings (SSSR count). The van der Waals surface area contributed by atoms with Crippen molar-refractivity contribution in [2.24, 2.45) is 0 Å². The second kappa shape index (κ2) is 12.3. The molecule has 6 nitrogen and oxygen atoms in total. The number of halogens is 1. The summed E-state index contributed by atoms with van der Waals surface area (Å²) in [5.41, 5.74) is 0.463. The van der Waals surface area contributed by atoms with E-state index in [4.69, 9.17) is 4.74 Å². The molecule has 0 saturated heterocycles. The van der Waals surface area contributed by atoms with Crippen LogP contribution in [-0.2, 0) is 14.6 Å². The number of hydrogen-bond donors (Lipinski definition) is 2. The van der Waals surface area contributed by atoms with Crippen LogP contribution in [0.2, 0.25) is 0 Å². The van der Waals surface area contributed by atoms with Crippen LogP contribution in [-0.4, -0.2) is 52.9 Å². The Hall–Kier alpha value is -1.15. The van der Waals surface area contributed by atoms with Gasteiger partial charge in [0.2, 0.25) is 0 Å². The fourth-order valence-electron chi connectivity index (χ4n) is 3.16. The second-order valence-electron chi connectivity index (χ2n) is 6.73. The number of amides is 1. The summed E-state index contributed by atoms with van der Waals surface area (Å²) in [6.45, 7) is 1.46. The third-order valence-electron chi connectivity index (χ3n) is 4.73. The second-order valence-corrected chi connectivity index (χ2v) is 8.84.